The van der Waals surface area contributed by atoms with E-state index in [0.29, 0.717) is 0 Å². The van der Waals surface area contributed by atoms with Crippen LogP contribution in [0.4, 0.5) is 17.1 Å². The molecule has 2 aromatic carbocycles. The second-order valence-electron chi connectivity index (χ2n) is 7.02. The largest absolute Gasteiger partial charge is 0.374 e. The molecule has 0 aliphatic heterocycles. The van der Waals surface area contributed by atoms with Crippen molar-refractivity contribution in [2.24, 2.45) is 5.92 Å². The average Bonchev–Trinajstić information content (AvgIpc) is 3.43. The van der Waals surface area contributed by atoms with Crippen LogP contribution in [-0.2, 0) is 9.59 Å². The van der Waals surface area contributed by atoms with Gasteiger partial charge in [0.15, 0.2) is 0 Å². The van der Waals surface area contributed by atoms with Crippen molar-refractivity contribution in [2.75, 3.05) is 16.0 Å². The lowest BCUT2D eigenvalue weighted by Gasteiger charge is -2.17. The van der Waals surface area contributed by atoms with Crippen LogP contribution in [0.5, 0.6) is 0 Å². The number of hydrogen-bond acceptors (Lipinski definition) is 3. The number of rotatable bonds is 6. The molecule has 2 amide bonds. The first kappa shape index (κ1) is 18.0. The van der Waals surface area contributed by atoms with Gasteiger partial charge in [0.05, 0.1) is 0 Å². The van der Waals surface area contributed by atoms with Crippen molar-refractivity contribution in [1.82, 2.24) is 0 Å². The Kier molecular flexibility index (Phi) is 5.26. The zero-order valence-corrected chi connectivity index (χ0v) is 15.4. The van der Waals surface area contributed by atoms with Crippen molar-refractivity contribution in [3.8, 4) is 0 Å². The summed E-state index contributed by atoms with van der Waals surface area (Å²) in [6.07, 6.45) is 1.94. The minimum absolute atomic E-state index is 0.0721. The minimum atomic E-state index is -0.413. The second kappa shape index (κ2) is 7.60. The lowest BCUT2D eigenvalue weighted by atomic mass is 10.1. The topological polar surface area (TPSA) is 70.2 Å². The van der Waals surface area contributed by atoms with Crippen LogP contribution >= 0.6 is 0 Å². The predicted octanol–water partition coefficient (Wildman–Crippen LogP) is 4.09. The van der Waals surface area contributed by atoms with Crippen LogP contribution in [-0.4, -0.2) is 17.9 Å². The highest BCUT2D eigenvalue weighted by Gasteiger charge is 2.29. The smallest absolute Gasteiger partial charge is 0.246 e. The predicted molar refractivity (Wildman–Crippen MR) is 105 cm³/mol. The second-order valence-corrected chi connectivity index (χ2v) is 7.02. The molecule has 1 saturated carbocycles. The Hall–Kier alpha value is -2.82. The summed E-state index contributed by atoms with van der Waals surface area (Å²) in [5, 5.41) is 9.08. The first-order chi connectivity index (χ1) is 12.4. The maximum absolute atomic E-state index is 12.5. The van der Waals surface area contributed by atoms with Crippen LogP contribution in [0, 0.1) is 19.8 Å². The molecule has 26 heavy (non-hydrogen) atoms. The van der Waals surface area contributed by atoms with Crippen LogP contribution < -0.4 is 16.0 Å². The Labute approximate surface area is 154 Å². The zero-order valence-electron chi connectivity index (χ0n) is 15.4. The number of nitrogens with one attached hydrogen (secondary N) is 3. The van der Waals surface area contributed by atoms with E-state index in [1.807, 2.05) is 63.2 Å². The quantitative estimate of drug-likeness (QED) is 0.734. The van der Waals surface area contributed by atoms with Gasteiger partial charge in [-0.15, -0.1) is 0 Å². The van der Waals surface area contributed by atoms with E-state index < -0.39 is 6.04 Å². The summed E-state index contributed by atoms with van der Waals surface area (Å²) in [6, 6.07) is 13.0. The molecule has 5 heteroatoms. The first-order valence-corrected chi connectivity index (χ1v) is 8.98. The van der Waals surface area contributed by atoms with E-state index in [1.165, 1.54) is 0 Å². The molecular weight excluding hydrogens is 326 g/mol. The summed E-state index contributed by atoms with van der Waals surface area (Å²) in [7, 11) is 0. The Balaban J connectivity index is 1.61. The fourth-order valence-corrected chi connectivity index (χ4v) is 2.70. The molecule has 0 aromatic heterocycles. The fourth-order valence-electron chi connectivity index (χ4n) is 2.70. The lowest BCUT2D eigenvalue weighted by Crippen LogP contribution is -2.32. The van der Waals surface area contributed by atoms with E-state index >= 15 is 0 Å². The maximum atomic E-state index is 12.5. The summed E-state index contributed by atoms with van der Waals surface area (Å²) >= 11 is 0. The van der Waals surface area contributed by atoms with Gasteiger partial charge in [0, 0.05) is 23.0 Å². The normalized spacial score (nSPS) is 14.4. The average molecular weight is 351 g/mol. The first-order valence-electron chi connectivity index (χ1n) is 8.98. The standard InChI is InChI=1S/C21H25N3O2/c1-13-7-8-14(2)19(11-13)24-20(25)15(3)22-17-5-4-6-18(12-17)23-21(26)16-9-10-16/h4-8,11-12,15-16,22H,9-10H2,1-3H3,(H,23,26)(H,24,25)/t15-/m1/s1. The molecule has 136 valence electrons. The van der Waals surface area contributed by atoms with Crippen molar-refractivity contribution in [1.29, 1.82) is 0 Å². The van der Waals surface area contributed by atoms with E-state index in [9.17, 15) is 9.59 Å². The van der Waals surface area contributed by atoms with Gasteiger partial charge in [0.25, 0.3) is 0 Å². The highest BCUT2D eigenvalue weighted by molar-refractivity contribution is 5.97. The molecule has 3 N–H and O–H groups in total. The van der Waals surface area contributed by atoms with Crippen molar-refractivity contribution >= 4 is 28.9 Å². The fraction of sp³-hybridized carbons (Fsp3) is 0.333. The van der Waals surface area contributed by atoms with Crippen LogP contribution in [0.2, 0.25) is 0 Å². The number of amides is 2. The molecule has 0 saturated heterocycles. The molecule has 0 radical (unpaired) electrons. The molecule has 5 nitrogen and oxygen atoms in total. The molecule has 0 unspecified atom stereocenters. The third kappa shape index (κ3) is 4.63. The molecule has 0 spiro atoms. The Morgan fingerprint density at radius 1 is 1.00 bits per heavy atom. The van der Waals surface area contributed by atoms with Gasteiger partial charge in [-0.2, -0.15) is 0 Å². The Morgan fingerprint density at radius 3 is 2.46 bits per heavy atom. The molecule has 1 atom stereocenters. The van der Waals surface area contributed by atoms with E-state index in [-0.39, 0.29) is 17.7 Å². The lowest BCUT2D eigenvalue weighted by molar-refractivity contribution is -0.117. The van der Waals surface area contributed by atoms with Crippen molar-refractivity contribution < 1.29 is 9.59 Å². The number of carbonyl (C=O) groups excluding carboxylic acids is 2. The minimum Gasteiger partial charge on any atom is -0.374 e. The summed E-state index contributed by atoms with van der Waals surface area (Å²) in [5.74, 6) is 0.128. The summed E-state index contributed by atoms with van der Waals surface area (Å²) in [4.78, 5) is 24.4. The molecule has 1 aliphatic carbocycles. The molecule has 1 fully saturated rings. The van der Waals surface area contributed by atoms with Gasteiger partial charge in [-0.3, -0.25) is 9.59 Å². The van der Waals surface area contributed by atoms with Gasteiger partial charge in [-0.05, 0) is 69.0 Å². The van der Waals surface area contributed by atoms with Crippen molar-refractivity contribution in [3.05, 3.63) is 53.6 Å². The number of anilines is 3. The number of benzene rings is 2. The van der Waals surface area contributed by atoms with E-state index in [1.54, 1.807) is 0 Å². The van der Waals surface area contributed by atoms with Crippen molar-refractivity contribution in [3.63, 3.8) is 0 Å². The molecular formula is C21H25N3O2. The summed E-state index contributed by atoms with van der Waals surface area (Å²) in [5.41, 5.74) is 4.50. The SMILES string of the molecule is Cc1ccc(C)c(NC(=O)[C@@H](C)Nc2cccc(NC(=O)C3CC3)c2)c1. The van der Waals surface area contributed by atoms with Gasteiger partial charge < -0.3 is 16.0 Å². The zero-order chi connectivity index (χ0) is 18.7. The molecule has 1 aliphatic rings. The van der Waals surface area contributed by atoms with Gasteiger partial charge >= 0.3 is 0 Å². The summed E-state index contributed by atoms with van der Waals surface area (Å²) < 4.78 is 0. The number of carbonyl (C=O) groups is 2. The number of aryl methyl sites for hydroxylation is 2. The highest BCUT2D eigenvalue weighted by atomic mass is 16.2. The Morgan fingerprint density at radius 2 is 1.73 bits per heavy atom. The third-order valence-electron chi connectivity index (χ3n) is 4.51. The van der Waals surface area contributed by atoms with E-state index in [2.05, 4.69) is 16.0 Å². The maximum Gasteiger partial charge on any atom is 0.246 e. The molecule has 2 aromatic rings. The third-order valence-corrected chi connectivity index (χ3v) is 4.51. The van der Waals surface area contributed by atoms with Crippen LogP contribution in [0.1, 0.15) is 30.9 Å². The van der Waals surface area contributed by atoms with E-state index in [0.717, 1.165) is 41.0 Å². The van der Waals surface area contributed by atoms with Gasteiger partial charge in [-0.1, -0.05) is 18.2 Å². The molecule has 0 bridgehead atoms. The van der Waals surface area contributed by atoms with Crippen LogP contribution in [0.3, 0.4) is 0 Å². The van der Waals surface area contributed by atoms with Crippen LogP contribution in [0.15, 0.2) is 42.5 Å². The van der Waals surface area contributed by atoms with Crippen LogP contribution in [0.25, 0.3) is 0 Å². The van der Waals surface area contributed by atoms with Gasteiger partial charge in [-0.25, -0.2) is 0 Å². The van der Waals surface area contributed by atoms with Gasteiger partial charge in [0.2, 0.25) is 11.8 Å². The van der Waals surface area contributed by atoms with Crippen molar-refractivity contribution in [2.45, 2.75) is 39.7 Å². The molecule has 0 heterocycles. The Bertz CT molecular complexity index is 828. The number of hydrogen-bond donors (Lipinski definition) is 3. The summed E-state index contributed by atoms with van der Waals surface area (Å²) in [6.45, 7) is 5.79. The molecule has 3 rings (SSSR count). The highest BCUT2D eigenvalue weighted by Crippen LogP contribution is 2.30. The van der Waals surface area contributed by atoms with E-state index in [4.69, 9.17) is 0 Å². The van der Waals surface area contributed by atoms with Gasteiger partial charge in [0.1, 0.15) is 6.04 Å². The monoisotopic (exact) mass is 351 g/mol.